The Hall–Kier alpha value is -3.30. The summed E-state index contributed by atoms with van der Waals surface area (Å²) in [6.45, 7) is 6.18. The molecule has 0 saturated heterocycles. The van der Waals surface area contributed by atoms with Crippen molar-refractivity contribution in [3.8, 4) is 0 Å². The Morgan fingerprint density at radius 3 is 2.69 bits per heavy atom. The Bertz CT molecular complexity index is 1270. The topological polar surface area (TPSA) is 96.5 Å². The lowest BCUT2D eigenvalue weighted by molar-refractivity contribution is 0.612. The van der Waals surface area contributed by atoms with Crippen molar-refractivity contribution >= 4 is 44.9 Å². The quantitative estimate of drug-likeness (QED) is 0.413. The van der Waals surface area contributed by atoms with Gasteiger partial charge in [0, 0.05) is 36.0 Å². The molecule has 7 nitrogen and oxygen atoms in total. The van der Waals surface area contributed by atoms with Crippen molar-refractivity contribution in [2.45, 2.75) is 25.7 Å². The van der Waals surface area contributed by atoms with Crippen LogP contribution < -0.4 is 15.4 Å². The van der Waals surface area contributed by atoms with E-state index in [1.54, 1.807) is 36.4 Å². The summed E-state index contributed by atoms with van der Waals surface area (Å²) in [5.74, 6) is 3.33. The van der Waals surface area contributed by atoms with Gasteiger partial charge >= 0.3 is 0 Å². The molecule has 1 heterocycles. The molecule has 2 aromatic carbocycles. The van der Waals surface area contributed by atoms with Crippen LogP contribution in [0.3, 0.4) is 0 Å². The number of nitrogens with one attached hydrogen (secondary N) is 1. The zero-order valence-corrected chi connectivity index (χ0v) is 19.4. The summed E-state index contributed by atoms with van der Waals surface area (Å²) in [6.07, 6.45) is 2.88. The second-order valence-electron chi connectivity index (χ2n) is 7.34. The summed E-state index contributed by atoms with van der Waals surface area (Å²) in [6, 6.07) is 11.0. The van der Waals surface area contributed by atoms with Gasteiger partial charge in [-0.15, -0.1) is 0 Å². The molecule has 0 aliphatic heterocycles. The average Bonchev–Trinajstić information content (AvgIpc) is 2.73. The number of aryl methyl sites for hydroxylation is 2. The molecule has 1 aromatic heterocycles. The lowest BCUT2D eigenvalue weighted by Gasteiger charge is -2.25. The van der Waals surface area contributed by atoms with Gasteiger partial charge in [-0.3, -0.25) is 10.1 Å². The van der Waals surface area contributed by atoms with Gasteiger partial charge in [0.1, 0.15) is 0 Å². The van der Waals surface area contributed by atoms with E-state index in [0.29, 0.717) is 17.1 Å². The highest BCUT2D eigenvalue weighted by Gasteiger charge is 2.19. The first-order chi connectivity index (χ1) is 15.2. The Kier molecular flexibility index (Phi) is 6.90. The number of aliphatic imine (C=N–C) groups is 1. The molecule has 0 bridgehead atoms. The third kappa shape index (κ3) is 4.95. The summed E-state index contributed by atoms with van der Waals surface area (Å²) in [5, 5.41) is 8.77. The second kappa shape index (κ2) is 9.46. The minimum absolute atomic E-state index is 0.133. The summed E-state index contributed by atoms with van der Waals surface area (Å²) in [4.78, 5) is 14.8. The SMILES string of the molecule is C=S(N)(=O)c1cc(Nc2ncc(F)c(N(CC)c3cccc(C)c3C=NC)n2)ccc1C. The molecule has 3 N–H and O–H groups in total. The maximum absolute atomic E-state index is 14.8. The smallest absolute Gasteiger partial charge is 0.229 e. The molecule has 0 aliphatic rings. The Morgan fingerprint density at radius 2 is 2.03 bits per heavy atom. The van der Waals surface area contributed by atoms with Crippen LogP contribution in [0.1, 0.15) is 23.6 Å². The molecule has 3 aromatic rings. The lowest BCUT2D eigenvalue weighted by atomic mass is 10.1. The number of nitrogens with zero attached hydrogens (tertiary/aromatic N) is 4. The molecule has 1 atom stereocenters. The van der Waals surface area contributed by atoms with Crippen molar-refractivity contribution in [3.05, 3.63) is 65.1 Å². The fraction of sp³-hybridized carbons (Fsp3) is 0.217. The number of rotatable bonds is 7. The molecule has 0 saturated carbocycles. The first-order valence-electron chi connectivity index (χ1n) is 10.00. The number of nitrogens with two attached hydrogens (primary N) is 1. The molecular weight excluding hydrogens is 427 g/mol. The van der Waals surface area contributed by atoms with E-state index < -0.39 is 15.5 Å². The van der Waals surface area contributed by atoms with Crippen LogP contribution in [0, 0.1) is 19.7 Å². The molecule has 1 unspecified atom stereocenters. The molecule has 168 valence electrons. The van der Waals surface area contributed by atoms with Crippen molar-refractivity contribution in [2.24, 2.45) is 10.1 Å². The van der Waals surface area contributed by atoms with E-state index in [1.807, 2.05) is 39.0 Å². The molecular formula is C23H27FN6OS. The summed E-state index contributed by atoms with van der Waals surface area (Å²) in [7, 11) is -1.20. The monoisotopic (exact) mass is 454 g/mol. The Labute approximate surface area is 188 Å². The molecule has 9 heteroatoms. The van der Waals surface area contributed by atoms with Crippen LogP contribution in [0.5, 0.6) is 0 Å². The molecule has 0 spiro atoms. The lowest BCUT2D eigenvalue weighted by Crippen LogP contribution is -2.21. The predicted octanol–water partition coefficient (Wildman–Crippen LogP) is 4.13. The highest BCUT2D eigenvalue weighted by Crippen LogP contribution is 2.31. The van der Waals surface area contributed by atoms with Crippen LogP contribution in [0.2, 0.25) is 0 Å². The van der Waals surface area contributed by atoms with Gasteiger partial charge in [0.15, 0.2) is 11.6 Å². The Balaban J connectivity index is 2.04. The van der Waals surface area contributed by atoms with Crippen molar-refractivity contribution in [3.63, 3.8) is 0 Å². The van der Waals surface area contributed by atoms with Gasteiger partial charge in [0.2, 0.25) is 5.95 Å². The highest BCUT2D eigenvalue weighted by molar-refractivity contribution is 7.98. The maximum atomic E-state index is 14.8. The van der Waals surface area contributed by atoms with Gasteiger partial charge in [-0.2, -0.15) is 4.98 Å². The number of aromatic nitrogens is 2. The first-order valence-corrected chi connectivity index (χ1v) is 11.8. The molecule has 32 heavy (non-hydrogen) atoms. The van der Waals surface area contributed by atoms with Gasteiger partial charge < -0.3 is 10.2 Å². The fourth-order valence-electron chi connectivity index (χ4n) is 3.42. The summed E-state index contributed by atoms with van der Waals surface area (Å²) < 4.78 is 27.1. The molecule has 3 rings (SSSR count). The van der Waals surface area contributed by atoms with Crippen LogP contribution in [0.4, 0.5) is 27.5 Å². The van der Waals surface area contributed by atoms with E-state index >= 15 is 0 Å². The van der Waals surface area contributed by atoms with Gasteiger partial charge in [0.25, 0.3) is 0 Å². The van der Waals surface area contributed by atoms with Crippen LogP contribution in [-0.2, 0) is 9.71 Å². The van der Waals surface area contributed by atoms with Crippen molar-refractivity contribution < 1.29 is 8.60 Å². The van der Waals surface area contributed by atoms with E-state index in [4.69, 9.17) is 5.14 Å². The summed E-state index contributed by atoms with van der Waals surface area (Å²) in [5.41, 5.74) is 4.04. The van der Waals surface area contributed by atoms with Crippen LogP contribution in [0.15, 0.2) is 52.5 Å². The van der Waals surface area contributed by atoms with E-state index in [0.717, 1.165) is 28.6 Å². The first kappa shape index (κ1) is 23.4. The van der Waals surface area contributed by atoms with Gasteiger partial charge in [0.05, 0.1) is 21.6 Å². The number of hydrogen-bond acceptors (Lipinski definition) is 6. The normalized spacial score (nSPS) is 13.2. The minimum Gasteiger partial charge on any atom is -0.324 e. The number of hydrogen-bond donors (Lipinski definition) is 2. The van der Waals surface area contributed by atoms with E-state index in [9.17, 15) is 8.60 Å². The standard InChI is InChI=1S/C23H27FN6OS/c1-6-30(20-9-7-8-15(2)18(20)13-26-4)22-19(24)14-27-23(29-22)28-17-11-10-16(3)21(12-17)32(5,25)31/h7-14H,5-6H2,1-4H3,(H2,25,31)(H,27,28,29). The van der Waals surface area contributed by atoms with Crippen molar-refractivity contribution in [2.75, 3.05) is 23.8 Å². The fourth-order valence-corrected chi connectivity index (χ4v) is 4.36. The van der Waals surface area contributed by atoms with Gasteiger partial charge in [-0.1, -0.05) is 18.2 Å². The summed E-state index contributed by atoms with van der Waals surface area (Å²) >= 11 is 0. The third-order valence-electron chi connectivity index (χ3n) is 4.96. The zero-order valence-electron chi connectivity index (χ0n) is 18.6. The second-order valence-corrected chi connectivity index (χ2v) is 9.23. The van der Waals surface area contributed by atoms with E-state index in [1.165, 1.54) is 0 Å². The number of halogens is 1. The average molecular weight is 455 g/mol. The van der Waals surface area contributed by atoms with Gasteiger partial charge in [-0.05, 0) is 56.0 Å². The Morgan fingerprint density at radius 1 is 1.28 bits per heavy atom. The maximum Gasteiger partial charge on any atom is 0.229 e. The zero-order chi connectivity index (χ0) is 23.5. The third-order valence-corrected chi connectivity index (χ3v) is 6.15. The van der Waals surface area contributed by atoms with Crippen LogP contribution >= 0.6 is 0 Å². The van der Waals surface area contributed by atoms with Crippen LogP contribution in [0.25, 0.3) is 0 Å². The van der Waals surface area contributed by atoms with E-state index in [-0.39, 0.29) is 11.8 Å². The molecule has 0 fully saturated rings. The van der Waals surface area contributed by atoms with Crippen molar-refractivity contribution in [1.82, 2.24) is 9.97 Å². The van der Waals surface area contributed by atoms with Gasteiger partial charge in [-0.25, -0.2) is 13.6 Å². The number of benzene rings is 2. The minimum atomic E-state index is -2.89. The molecule has 0 aliphatic carbocycles. The number of anilines is 4. The molecule has 0 radical (unpaired) electrons. The predicted molar refractivity (Wildman–Crippen MR) is 132 cm³/mol. The highest BCUT2D eigenvalue weighted by atomic mass is 32.2. The largest absolute Gasteiger partial charge is 0.324 e. The van der Waals surface area contributed by atoms with E-state index in [2.05, 4.69) is 26.1 Å². The van der Waals surface area contributed by atoms with Crippen LogP contribution in [-0.4, -0.2) is 39.9 Å². The molecule has 0 amide bonds. The van der Waals surface area contributed by atoms with Crippen molar-refractivity contribution in [1.29, 1.82) is 0 Å².